The molecule has 1 aliphatic rings. The zero-order chi connectivity index (χ0) is 41.3. The van der Waals surface area contributed by atoms with Crippen molar-refractivity contribution in [1.29, 1.82) is 0 Å². The first-order valence-corrected chi connectivity index (χ1v) is 22.8. The molecule has 0 radical (unpaired) electrons. The van der Waals surface area contributed by atoms with Gasteiger partial charge in [0.2, 0.25) is 0 Å². The topological polar surface area (TPSA) is 17.1 Å². The lowest BCUT2D eigenvalue weighted by atomic mass is 9.83. The molecule has 9 aromatic rings. The van der Waals surface area contributed by atoms with Gasteiger partial charge in [-0.25, -0.2) is 0 Å². The third kappa shape index (κ3) is 7.02. The quantitative estimate of drug-likeness (QED) is 0.0807. The number of allylic oxidation sites excluding steroid dienone is 6. The Labute approximate surface area is 358 Å². The average molecular weight is 801 g/mol. The van der Waals surface area contributed by atoms with E-state index in [2.05, 4.69) is 196 Å². The predicted octanol–water partition coefficient (Wildman–Crippen LogP) is 15.7. The third-order valence-electron chi connectivity index (χ3n) is 12.3. The first-order chi connectivity index (χ1) is 30.0. The van der Waals surface area contributed by atoms with Crippen LogP contribution >= 0.6 is 7.14 Å². The fourth-order valence-electron chi connectivity index (χ4n) is 9.09. The highest BCUT2D eigenvalue weighted by atomic mass is 31.2. The lowest BCUT2D eigenvalue weighted by molar-refractivity contribution is 0.591. The van der Waals surface area contributed by atoms with Crippen LogP contribution < -0.4 is 10.6 Å². The Morgan fingerprint density at radius 1 is 0.541 bits per heavy atom. The van der Waals surface area contributed by atoms with Crippen LogP contribution in [0.15, 0.2) is 224 Å². The molecule has 0 aliphatic heterocycles. The van der Waals surface area contributed by atoms with Gasteiger partial charge in [-0.15, -0.1) is 0 Å². The zero-order valence-electron chi connectivity index (χ0n) is 34.3. The van der Waals surface area contributed by atoms with Gasteiger partial charge in [0.1, 0.15) is 0 Å². The van der Waals surface area contributed by atoms with E-state index < -0.39 is 7.14 Å². The molecule has 0 saturated heterocycles. The van der Waals surface area contributed by atoms with E-state index in [1.54, 1.807) is 0 Å². The van der Waals surface area contributed by atoms with Gasteiger partial charge >= 0.3 is 0 Å². The molecule has 1 nitrogen and oxygen atoms in total. The largest absolute Gasteiger partial charge is 0.309 e. The van der Waals surface area contributed by atoms with Crippen LogP contribution in [0.4, 0.5) is 0 Å². The highest BCUT2D eigenvalue weighted by Crippen LogP contribution is 2.54. The maximum atomic E-state index is 15.3. The molecule has 0 heterocycles. The Balaban J connectivity index is 1.12. The molecule has 0 aromatic heterocycles. The number of hydrogen-bond donors (Lipinski definition) is 0. The molecule has 0 saturated carbocycles. The van der Waals surface area contributed by atoms with E-state index in [0.29, 0.717) is 0 Å². The lowest BCUT2D eigenvalue weighted by Gasteiger charge is -2.23. The number of hydrogen-bond acceptors (Lipinski definition) is 1. The van der Waals surface area contributed by atoms with Gasteiger partial charge in [-0.05, 0) is 120 Å². The highest BCUT2D eigenvalue weighted by Gasteiger charge is 2.31. The van der Waals surface area contributed by atoms with Gasteiger partial charge in [-0.3, -0.25) is 0 Å². The van der Waals surface area contributed by atoms with Crippen LogP contribution in [-0.2, 0) is 4.57 Å². The summed E-state index contributed by atoms with van der Waals surface area (Å²) in [5, 5.41) is 9.85. The van der Waals surface area contributed by atoms with Crippen LogP contribution in [-0.4, -0.2) is 0 Å². The van der Waals surface area contributed by atoms with Crippen LogP contribution in [0.1, 0.15) is 29.5 Å². The highest BCUT2D eigenvalue weighted by molar-refractivity contribution is 7.82. The molecule has 0 bridgehead atoms. The average Bonchev–Trinajstić information content (AvgIpc) is 3.33. The van der Waals surface area contributed by atoms with Crippen molar-refractivity contribution in [1.82, 2.24) is 0 Å². The molecule has 0 amide bonds. The first kappa shape index (κ1) is 38.2. The summed E-state index contributed by atoms with van der Waals surface area (Å²) in [7, 11) is -3.08. The lowest BCUT2D eigenvalue weighted by Crippen LogP contribution is -2.18. The fourth-order valence-corrected chi connectivity index (χ4v) is 11.9. The Bertz CT molecular complexity index is 3270. The van der Waals surface area contributed by atoms with Crippen LogP contribution in [0.2, 0.25) is 0 Å². The maximum absolute atomic E-state index is 15.3. The molecule has 2 heteroatoms. The van der Waals surface area contributed by atoms with Crippen molar-refractivity contribution in [3.8, 4) is 33.4 Å². The van der Waals surface area contributed by atoms with Crippen molar-refractivity contribution in [2.45, 2.75) is 19.8 Å². The summed E-state index contributed by atoms with van der Waals surface area (Å²) in [5.41, 5.74) is 11.3. The second-order valence-electron chi connectivity index (χ2n) is 16.0. The zero-order valence-corrected chi connectivity index (χ0v) is 35.2. The van der Waals surface area contributed by atoms with Gasteiger partial charge < -0.3 is 4.57 Å². The van der Waals surface area contributed by atoms with Crippen molar-refractivity contribution in [2.75, 3.05) is 0 Å². The van der Waals surface area contributed by atoms with Crippen molar-refractivity contribution >= 4 is 61.7 Å². The van der Waals surface area contributed by atoms with Gasteiger partial charge in [-0.1, -0.05) is 213 Å². The molecule has 10 rings (SSSR count). The SMILES string of the molecule is C=C(/C=C\c1cc(P(=O)(C2=CCCC=C2)c2ccccc2)ccc1C)c1ccc2c(-c3ccc(-c4ccccc4)cc3)c3ccccc3c(-c3cccc4ccccc34)c2c1. The number of aryl methyl sites for hydroxylation is 1. The Morgan fingerprint density at radius 2 is 1.18 bits per heavy atom. The Morgan fingerprint density at radius 3 is 1.93 bits per heavy atom. The minimum Gasteiger partial charge on any atom is -0.309 e. The normalized spacial score (nSPS) is 13.8. The van der Waals surface area contributed by atoms with Gasteiger partial charge in [0, 0.05) is 15.9 Å². The van der Waals surface area contributed by atoms with Crippen molar-refractivity contribution in [3.63, 3.8) is 0 Å². The number of benzene rings is 9. The summed E-state index contributed by atoms with van der Waals surface area (Å²) in [5.74, 6) is 0. The third-order valence-corrected chi connectivity index (χ3v) is 15.4. The van der Waals surface area contributed by atoms with E-state index in [9.17, 15) is 0 Å². The van der Waals surface area contributed by atoms with Gasteiger partial charge in [0.05, 0.1) is 0 Å². The van der Waals surface area contributed by atoms with E-state index in [-0.39, 0.29) is 0 Å². The van der Waals surface area contributed by atoms with Crippen LogP contribution in [0.25, 0.3) is 77.3 Å². The smallest absolute Gasteiger partial charge is 0.170 e. The molecule has 292 valence electrons. The fraction of sp³-hybridized carbons (Fsp3) is 0.0508. The van der Waals surface area contributed by atoms with E-state index in [1.807, 2.05) is 36.4 Å². The standard InChI is InChI=1S/C59H45OP/c1-41(29-31-47-39-51(37-30-42(47)2)61(60,49-21-8-4-9-22-49)50-23-10-5-11-24-50)48-36-38-56-57(40-48)59(53-28-16-20-45-19-12-13-25-52(45)53)55-27-15-14-26-54(55)58(56)46-34-32-44(33-35-46)43-17-6-3-7-18-43/h3-4,6-10,12-40H,1,5,11H2,2H3/b31-29-. The van der Waals surface area contributed by atoms with Gasteiger partial charge in [0.15, 0.2) is 7.14 Å². The summed E-state index contributed by atoms with van der Waals surface area (Å²) in [6.45, 7) is 6.76. The summed E-state index contributed by atoms with van der Waals surface area (Å²) in [4.78, 5) is 0. The minimum absolute atomic E-state index is 0.842. The second kappa shape index (κ2) is 16.2. The molecule has 1 unspecified atom stereocenters. The molecule has 0 N–H and O–H groups in total. The number of fused-ring (bicyclic) bond motifs is 3. The molecular formula is C59H45OP. The summed E-state index contributed by atoms with van der Waals surface area (Å²) < 4.78 is 15.3. The summed E-state index contributed by atoms with van der Waals surface area (Å²) in [6.07, 6.45) is 12.5. The molecule has 0 fully saturated rings. The summed E-state index contributed by atoms with van der Waals surface area (Å²) >= 11 is 0. The Hall–Kier alpha value is -7.05. The van der Waals surface area contributed by atoms with Crippen LogP contribution in [0, 0.1) is 6.92 Å². The Kier molecular flexibility index (Phi) is 10.1. The van der Waals surface area contributed by atoms with E-state index in [4.69, 9.17) is 0 Å². The molecule has 61 heavy (non-hydrogen) atoms. The molecule has 9 aromatic carbocycles. The van der Waals surface area contributed by atoms with Crippen molar-refractivity contribution in [3.05, 3.63) is 241 Å². The monoisotopic (exact) mass is 800 g/mol. The molecule has 1 aliphatic carbocycles. The number of rotatable bonds is 9. The summed E-state index contributed by atoms with van der Waals surface area (Å²) in [6, 6.07) is 66.8. The van der Waals surface area contributed by atoms with E-state index >= 15 is 4.57 Å². The minimum atomic E-state index is -3.08. The van der Waals surface area contributed by atoms with Crippen molar-refractivity contribution < 1.29 is 4.57 Å². The van der Waals surface area contributed by atoms with Crippen LogP contribution in [0.3, 0.4) is 0 Å². The molecular weight excluding hydrogens is 756 g/mol. The van der Waals surface area contributed by atoms with Crippen molar-refractivity contribution in [2.24, 2.45) is 0 Å². The first-order valence-electron chi connectivity index (χ1n) is 21.1. The molecule has 0 spiro atoms. The maximum Gasteiger partial charge on any atom is 0.170 e. The van der Waals surface area contributed by atoms with E-state index in [1.165, 1.54) is 65.7 Å². The van der Waals surface area contributed by atoms with Gasteiger partial charge in [0.25, 0.3) is 0 Å². The van der Waals surface area contributed by atoms with Crippen LogP contribution in [0.5, 0.6) is 0 Å². The second-order valence-corrected chi connectivity index (χ2v) is 18.7. The predicted molar refractivity (Wildman–Crippen MR) is 264 cm³/mol. The molecule has 1 atom stereocenters. The van der Waals surface area contributed by atoms with Gasteiger partial charge in [-0.2, -0.15) is 0 Å². The van der Waals surface area contributed by atoms with E-state index in [0.717, 1.165) is 51.0 Å².